The molecule has 0 saturated carbocycles. The molecule has 3 nitrogen and oxygen atoms in total. The molecule has 1 aromatic rings. The largest absolute Gasteiger partial charge is 0.493 e. The zero-order valence-electron chi connectivity index (χ0n) is 10.9. The molecule has 0 bridgehead atoms. The maximum absolute atomic E-state index is 10.0. The van der Waals surface area contributed by atoms with E-state index in [4.69, 9.17) is 4.74 Å². The van der Waals surface area contributed by atoms with E-state index in [2.05, 4.69) is 41.2 Å². The van der Waals surface area contributed by atoms with Crippen LogP contribution in [0.25, 0.3) is 0 Å². The van der Waals surface area contributed by atoms with Gasteiger partial charge in [0.1, 0.15) is 5.75 Å². The summed E-state index contributed by atoms with van der Waals surface area (Å²) in [4.78, 5) is 0. The molecule has 0 radical (unpaired) electrons. The SMILES string of the molecule is CC(C)NCC(O)Cc1cc(Br)cc2c1OCC2. The molecule has 1 heterocycles. The van der Waals surface area contributed by atoms with Gasteiger partial charge in [0.2, 0.25) is 0 Å². The van der Waals surface area contributed by atoms with Crippen LogP contribution >= 0.6 is 15.9 Å². The normalized spacial score (nSPS) is 15.6. The molecule has 0 fully saturated rings. The van der Waals surface area contributed by atoms with Gasteiger partial charge in [-0.1, -0.05) is 29.8 Å². The Balaban J connectivity index is 2.05. The van der Waals surface area contributed by atoms with Crippen LogP contribution in [0, 0.1) is 0 Å². The highest BCUT2D eigenvalue weighted by Gasteiger charge is 2.19. The Morgan fingerprint density at radius 1 is 1.44 bits per heavy atom. The smallest absolute Gasteiger partial charge is 0.125 e. The van der Waals surface area contributed by atoms with Crippen molar-refractivity contribution in [3.8, 4) is 5.75 Å². The number of nitrogens with one attached hydrogen (secondary N) is 1. The zero-order chi connectivity index (χ0) is 13.1. The van der Waals surface area contributed by atoms with Crippen LogP contribution in [-0.2, 0) is 12.8 Å². The Morgan fingerprint density at radius 2 is 2.22 bits per heavy atom. The van der Waals surface area contributed by atoms with Crippen LogP contribution in [-0.4, -0.2) is 30.4 Å². The number of ether oxygens (including phenoxy) is 1. The third-order valence-electron chi connectivity index (χ3n) is 3.04. The van der Waals surface area contributed by atoms with Gasteiger partial charge in [-0.3, -0.25) is 0 Å². The number of rotatable bonds is 5. The molecule has 0 spiro atoms. The van der Waals surface area contributed by atoms with Gasteiger partial charge in [0, 0.05) is 29.9 Å². The third kappa shape index (κ3) is 3.46. The fraction of sp³-hybridized carbons (Fsp3) is 0.571. The Kier molecular flexibility index (Phi) is 4.65. The average Bonchev–Trinajstić information content (AvgIpc) is 2.74. The van der Waals surface area contributed by atoms with E-state index in [1.54, 1.807) is 0 Å². The summed E-state index contributed by atoms with van der Waals surface area (Å²) in [6.07, 6.45) is 1.21. The minimum atomic E-state index is -0.380. The second-order valence-electron chi connectivity index (χ2n) is 5.07. The lowest BCUT2D eigenvalue weighted by atomic mass is 10.0. The van der Waals surface area contributed by atoms with Crippen molar-refractivity contribution < 1.29 is 9.84 Å². The summed E-state index contributed by atoms with van der Waals surface area (Å²) in [5, 5.41) is 13.3. The topological polar surface area (TPSA) is 41.5 Å². The summed E-state index contributed by atoms with van der Waals surface area (Å²) in [7, 11) is 0. The Bertz CT molecular complexity index is 421. The molecule has 0 saturated heterocycles. The van der Waals surface area contributed by atoms with E-state index in [0.29, 0.717) is 19.0 Å². The van der Waals surface area contributed by atoms with Crippen molar-refractivity contribution in [1.29, 1.82) is 0 Å². The van der Waals surface area contributed by atoms with Crippen LogP contribution in [0.5, 0.6) is 5.75 Å². The number of aliphatic hydroxyl groups excluding tert-OH is 1. The molecule has 4 heteroatoms. The first-order chi connectivity index (χ1) is 8.56. The van der Waals surface area contributed by atoms with Gasteiger partial charge in [-0.15, -0.1) is 0 Å². The Labute approximate surface area is 117 Å². The summed E-state index contributed by atoms with van der Waals surface area (Å²) in [6.45, 7) is 5.51. The van der Waals surface area contributed by atoms with Crippen molar-refractivity contribution in [2.75, 3.05) is 13.2 Å². The van der Waals surface area contributed by atoms with E-state index in [1.807, 2.05) is 6.07 Å². The van der Waals surface area contributed by atoms with E-state index in [9.17, 15) is 5.11 Å². The van der Waals surface area contributed by atoms with Crippen LogP contribution in [0.1, 0.15) is 25.0 Å². The molecule has 0 aromatic heterocycles. The quantitative estimate of drug-likeness (QED) is 0.876. The van der Waals surface area contributed by atoms with Gasteiger partial charge < -0.3 is 15.2 Å². The number of fused-ring (bicyclic) bond motifs is 1. The molecule has 1 aromatic carbocycles. The lowest BCUT2D eigenvalue weighted by Gasteiger charge is -2.16. The number of aliphatic hydroxyl groups is 1. The van der Waals surface area contributed by atoms with Crippen molar-refractivity contribution in [3.63, 3.8) is 0 Å². The van der Waals surface area contributed by atoms with Crippen LogP contribution < -0.4 is 10.1 Å². The number of hydrogen-bond donors (Lipinski definition) is 2. The fourth-order valence-electron chi connectivity index (χ4n) is 2.20. The van der Waals surface area contributed by atoms with Crippen molar-refractivity contribution in [3.05, 3.63) is 27.7 Å². The minimum Gasteiger partial charge on any atom is -0.493 e. The standard InChI is InChI=1S/C14H20BrNO2/c1-9(2)16-8-13(17)7-11-6-12(15)5-10-3-4-18-14(10)11/h5-6,9,13,16-17H,3-4,7-8H2,1-2H3. The van der Waals surface area contributed by atoms with E-state index in [1.165, 1.54) is 5.56 Å². The summed E-state index contributed by atoms with van der Waals surface area (Å²) >= 11 is 3.52. The molecular weight excluding hydrogens is 294 g/mol. The highest BCUT2D eigenvalue weighted by atomic mass is 79.9. The first-order valence-electron chi connectivity index (χ1n) is 6.42. The second kappa shape index (κ2) is 6.04. The first-order valence-corrected chi connectivity index (χ1v) is 7.21. The van der Waals surface area contributed by atoms with Gasteiger partial charge in [0.15, 0.2) is 0 Å². The molecule has 100 valence electrons. The predicted molar refractivity (Wildman–Crippen MR) is 76.2 cm³/mol. The van der Waals surface area contributed by atoms with E-state index in [-0.39, 0.29) is 6.10 Å². The molecule has 0 amide bonds. The number of hydrogen-bond acceptors (Lipinski definition) is 3. The van der Waals surface area contributed by atoms with E-state index >= 15 is 0 Å². The average molecular weight is 314 g/mol. The first kappa shape index (κ1) is 13.8. The summed E-state index contributed by atoms with van der Waals surface area (Å²) < 4.78 is 6.72. The number of halogens is 1. The van der Waals surface area contributed by atoms with Crippen molar-refractivity contribution in [2.45, 2.75) is 38.8 Å². The van der Waals surface area contributed by atoms with Gasteiger partial charge in [-0.05, 0) is 23.3 Å². The van der Waals surface area contributed by atoms with Gasteiger partial charge in [0.05, 0.1) is 12.7 Å². The van der Waals surface area contributed by atoms with Crippen molar-refractivity contribution >= 4 is 15.9 Å². The summed E-state index contributed by atoms with van der Waals surface area (Å²) in [5.41, 5.74) is 2.33. The molecule has 1 aliphatic heterocycles. The zero-order valence-corrected chi connectivity index (χ0v) is 12.5. The highest BCUT2D eigenvalue weighted by molar-refractivity contribution is 9.10. The molecule has 1 unspecified atom stereocenters. The van der Waals surface area contributed by atoms with E-state index in [0.717, 1.165) is 28.8 Å². The van der Waals surface area contributed by atoms with Crippen LogP contribution in [0.4, 0.5) is 0 Å². The molecule has 18 heavy (non-hydrogen) atoms. The molecule has 1 aliphatic rings. The molecule has 2 rings (SSSR count). The van der Waals surface area contributed by atoms with Crippen LogP contribution in [0.15, 0.2) is 16.6 Å². The summed E-state index contributed by atoms with van der Waals surface area (Å²) in [6, 6.07) is 4.54. The van der Waals surface area contributed by atoms with E-state index < -0.39 is 0 Å². The Morgan fingerprint density at radius 3 is 2.94 bits per heavy atom. The summed E-state index contributed by atoms with van der Waals surface area (Å²) in [5.74, 6) is 0.974. The second-order valence-corrected chi connectivity index (χ2v) is 5.99. The maximum Gasteiger partial charge on any atom is 0.125 e. The monoisotopic (exact) mass is 313 g/mol. The molecule has 2 N–H and O–H groups in total. The lowest BCUT2D eigenvalue weighted by Crippen LogP contribution is -2.33. The molecule has 1 atom stereocenters. The highest BCUT2D eigenvalue weighted by Crippen LogP contribution is 2.33. The van der Waals surface area contributed by atoms with Gasteiger partial charge in [0.25, 0.3) is 0 Å². The Hall–Kier alpha value is -0.580. The molecular formula is C14H20BrNO2. The van der Waals surface area contributed by atoms with Gasteiger partial charge >= 0.3 is 0 Å². The van der Waals surface area contributed by atoms with Gasteiger partial charge in [-0.2, -0.15) is 0 Å². The van der Waals surface area contributed by atoms with Gasteiger partial charge in [-0.25, -0.2) is 0 Å². The van der Waals surface area contributed by atoms with Crippen LogP contribution in [0.3, 0.4) is 0 Å². The van der Waals surface area contributed by atoms with Crippen LogP contribution in [0.2, 0.25) is 0 Å². The molecule has 0 aliphatic carbocycles. The maximum atomic E-state index is 10.0. The van der Waals surface area contributed by atoms with Crippen molar-refractivity contribution in [1.82, 2.24) is 5.32 Å². The lowest BCUT2D eigenvalue weighted by molar-refractivity contribution is 0.167. The third-order valence-corrected chi connectivity index (χ3v) is 3.50. The van der Waals surface area contributed by atoms with Crippen molar-refractivity contribution in [2.24, 2.45) is 0 Å². The fourth-order valence-corrected chi connectivity index (χ4v) is 2.75. The predicted octanol–water partition coefficient (Wildman–Crippen LogP) is 2.29. The minimum absolute atomic E-state index is 0.380. The number of benzene rings is 1.